The largest absolute Gasteiger partial charge is 0.370 e. The molecule has 36 heavy (non-hydrogen) atoms. The van der Waals surface area contributed by atoms with Crippen LogP contribution < -0.4 is 0 Å². The van der Waals surface area contributed by atoms with Crippen LogP contribution >= 0.6 is 0 Å². The number of carbonyl (C=O) groups is 2. The van der Waals surface area contributed by atoms with Crippen molar-refractivity contribution in [2.45, 2.75) is 57.4 Å². The number of nitrogens with zero attached hydrogens (tertiary/aromatic N) is 5. The number of rotatable bonds is 7. The fourth-order valence-corrected chi connectivity index (χ4v) is 5.16. The van der Waals surface area contributed by atoms with Gasteiger partial charge in [-0.25, -0.2) is 0 Å². The van der Waals surface area contributed by atoms with Crippen molar-refractivity contribution >= 4 is 11.8 Å². The highest BCUT2D eigenvalue weighted by Crippen LogP contribution is 2.25. The maximum absolute atomic E-state index is 13.5. The van der Waals surface area contributed by atoms with Crippen LogP contribution in [0.5, 0.6) is 0 Å². The highest BCUT2D eigenvalue weighted by Gasteiger charge is 2.35. The molecule has 1 aliphatic carbocycles. The van der Waals surface area contributed by atoms with E-state index in [0.29, 0.717) is 31.8 Å². The van der Waals surface area contributed by atoms with Gasteiger partial charge in [0.1, 0.15) is 6.54 Å². The first kappa shape index (κ1) is 24.2. The molecule has 1 saturated carbocycles. The lowest BCUT2D eigenvalue weighted by molar-refractivity contribution is -0.134. The van der Waals surface area contributed by atoms with Gasteiger partial charge in [0.15, 0.2) is 0 Å². The van der Waals surface area contributed by atoms with E-state index in [9.17, 15) is 9.59 Å². The fraction of sp³-hybridized carbons (Fsp3) is 0.429. The summed E-state index contributed by atoms with van der Waals surface area (Å²) in [6.45, 7) is 1.93. The molecule has 1 aromatic carbocycles. The lowest BCUT2D eigenvalue weighted by Crippen LogP contribution is -2.46. The number of ether oxygens (including phenoxy) is 1. The summed E-state index contributed by atoms with van der Waals surface area (Å²) in [5.41, 5.74) is 2.61. The van der Waals surface area contributed by atoms with Crippen molar-refractivity contribution < 1.29 is 14.3 Å². The first-order chi connectivity index (χ1) is 17.7. The van der Waals surface area contributed by atoms with E-state index in [-0.39, 0.29) is 30.5 Å². The van der Waals surface area contributed by atoms with Crippen molar-refractivity contribution in [2.75, 3.05) is 19.6 Å². The Bertz CT molecular complexity index is 1140. The van der Waals surface area contributed by atoms with Gasteiger partial charge in [-0.3, -0.25) is 19.3 Å². The lowest BCUT2D eigenvalue weighted by Gasteiger charge is -2.34. The molecule has 188 valence electrons. The summed E-state index contributed by atoms with van der Waals surface area (Å²) in [5, 5.41) is 4.39. The summed E-state index contributed by atoms with van der Waals surface area (Å²) < 4.78 is 8.04. The van der Waals surface area contributed by atoms with Crippen molar-refractivity contribution in [1.29, 1.82) is 0 Å². The van der Waals surface area contributed by atoms with Gasteiger partial charge in [0.05, 0.1) is 31.0 Å². The number of aromatic nitrogens is 3. The van der Waals surface area contributed by atoms with Crippen molar-refractivity contribution in [3.05, 3.63) is 83.9 Å². The topological polar surface area (TPSA) is 80.6 Å². The first-order valence-electron chi connectivity index (χ1n) is 12.8. The Morgan fingerprint density at radius 2 is 1.75 bits per heavy atom. The minimum absolute atomic E-state index is 0.00179. The van der Waals surface area contributed by atoms with E-state index >= 15 is 0 Å². The zero-order chi connectivity index (χ0) is 24.7. The molecule has 2 fully saturated rings. The molecule has 1 saturated heterocycles. The predicted molar refractivity (Wildman–Crippen MR) is 135 cm³/mol. The average Bonchev–Trinajstić information content (AvgIpc) is 3.31. The molecular formula is C28H33N5O3. The zero-order valence-corrected chi connectivity index (χ0v) is 20.5. The number of benzene rings is 1. The van der Waals surface area contributed by atoms with Crippen LogP contribution in [0.2, 0.25) is 0 Å². The summed E-state index contributed by atoms with van der Waals surface area (Å²) in [6.07, 6.45) is 12.1. The minimum Gasteiger partial charge on any atom is -0.370 e. The molecule has 2 amide bonds. The van der Waals surface area contributed by atoms with Crippen molar-refractivity contribution in [3.63, 3.8) is 0 Å². The summed E-state index contributed by atoms with van der Waals surface area (Å²) >= 11 is 0. The van der Waals surface area contributed by atoms with Crippen LogP contribution in [-0.4, -0.2) is 68.2 Å². The molecule has 2 aromatic heterocycles. The lowest BCUT2D eigenvalue weighted by atomic mass is 9.94. The monoisotopic (exact) mass is 487 g/mol. The van der Waals surface area contributed by atoms with E-state index in [2.05, 4.69) is 10.1 Å². The molecule has 3 aromatic rings. The second kappa shape index (κ2) is 11.5. The van der Waals surface area contributed by atoms with Gasteiger partial charge in [0, 0.05) is 37.7 Å². The van der Waals surface area contributed by atoms with E-state index in [1.54, 1.807) is 34.4 Å². The molecule has 0 radical (unpaired) electrons. The van der Waals surface area contributed by atoms with E-state index < -0.39 is 0 Å². The third-order valence-electron chi connectivity index (χ3n) is 7.08. The Kier molecular flexibility index (Phi) is 7.71. The molecule has 3 heterocycles. The van der Waals surface area contributed by atoms with Gasteiger partial charge in [0.25, 0.3) is 5.91 Å². The number of hydrogen-bond donors (Lipinski definition) is 0. The summed E-state index contributed by atoms with van der Waals surface area (Å²) in [5.74, 6) is -0.187. The Morgan fingerprint density at radius 1 is 0.972 bits per heavy atom. The van der Waals surface area contributed by atoms with Crippen molar-refractivity contribution in [1.82, 2.24) is 24.6 Å². The molecule has 5 rings (SSSR count). The standard InChI is InChI=1S/C28H33N5O3/c34-27-20-31(28(35)24-15-30-32(17-24)16-22-7-3-1-4-8-22)18-26(36-21-23-11-13-29-14-12-23)19-33(27)25-9-5-2-6-10-25/h1,3-4,7-8,11-15,17,25-26H,2,5-6,9-10,16,18-21H2/t26-/m1/s1. The summed E-state index contributed by atoms with van der Waals surface area (Å²) in [6, 6.07) is 14.1. The van der Waals surface area contributed by atoms with Gasteiger partial charge >= 0.3 is 0 Å². The Balaban J connectivity index is 1.31. The van der Waals surface area contributed by atoms with Gasteiger partial charge in [0.2, 0.25) is 5.91 Å². The Morgan fingerprint density at radius 3 is 2.53 bits per heavy atom. The Labute approximate surface area is 211 Å². The van der Waals surface area contributed by atoms with Gasteiger partial charge in [-0.2, -0.15) is 5.10 Å². The molecule has 2 aliphatic rings. The van der Waals surface area contributed by atoms with Crippen LogP contribution in [0.15, 0.2) is 67.3 Å². The second-order valence-corrected chi connectivity index (χ2v) is 9.72. The summed E-state index contributed by atoms with van der Waals surface area (Å²) in [7, 11) is 0. The van der Waals surface area contributed by atoms with Gasteiger partial charge < -0.3 is 14.5 Å². The SMILES string of the molecule is O=C(c1cnn(Cc2ccccc2)c1)N1CC(=O)N(C2CCCCC2)C[C@H](OCc2ccncc2)C1. The van der Waals surface area contributed by atoms with Crippen LogP contribution in [0.4, 0.5) is 0 Å². The van der Waals surface area contributed by atoms with Crippen LogP contribution in [-0.2, 0) is 22.7 Å². The third kappa shape index (κ3) is 5.99. The minimum atomic E-state index is -0.269. The quantitative estimate of drug-likeness (QED) is 0.509. The second-order valence-electron chi connectivity index (χ2n) is 9.72. The molecule has 0 unspecified atom stereocenters. The first-order valence-corrected chi connectivity index (χ1v) is 12.8. The third-order valence-corrected chi connectivity index (χ3v) is 7.08. The molecule has 1 atom stereocenters. The molecule has 0 spiro atoms. The van der Waals surface area contributed by atoms with Gasteiger partial charge in [-0.1, -0.05) is 49.6 Å². The van der Waals surface area contributed by atoms with Crippen molar-refractivity contribution in [3.8, 4) is 0 Å². The molecule has 1 aliphatic heterocycles. The van der Waals surface area contributed by atoms with Crippen LogP contribution in [0.3, 0.4) is 0 Å². The van der Waals surface area contributed by atoms with Crippen LogP contribution in [0, 0.1) is 0 Å². The van der Waals surface area contributed by atoms with Crippen LogP contribution in [0.25, 0.3) is 0 Å². The zero-order valence-electron chi connectivity index (χ0n) is 20.5. The number of pyridine rings is 1. The molecule has 8 nitrogen and oxygen atoms in total. The molecule has 0 bridgehead atoms. The maximum Gasteiger partial charge on any atom is 0.257 e. The van der Waals surface area contributed by atoms with Crippen molar-refractivity contribution in [2.24, 2.45) is 0 Å². The van der Waals surface area contributed by atoms with Crippen LogP contribution in [0.1, 0.15) is 53.6 Å². The number of amides is 2. The molecular weight excluding hydrogens is 454 g/mol. The Hall–Kier alpha value is -3.52. The molecule has 0 N–H and O–H groups in total. The predicted octanol–water partition coefficient (Wildman–Crippen LogP) is 3.53. The van der Waals surface area contributed by atoms with E-state index in [1.165, 1.54) is 6.42 Å². The highest BCUT2D eigenvalue weighted by atomic mass is 16.5. The highest BCUT2D eigenvalue weighted by molar-refractivity contribution is 5.96. The summed E-state index contributed by atoms with van der Waals surface area (Å²) in [4.78, 5) is 34.5. The normalized spacial score (nSPS) is 19.3. The maximum atomic E-state index is 13.5. The van der Waals surface area contributed by atoms with E-state index in [1.807, 2.05) is 47.4 Å². The van der Waals surface area contributed by atoms with Gasteiger partial charge in [-0.05, 0) is 36.1 Å². The fourth-order valence-electron chi connectivity index (χ4n) is 5.16. The van der Waals surface area contributed by atoms with Gasteiger partial charge in [-0.15, -0.1) is 0 Å². The average molecular weight is 488 g/mol. The molecule has 8 heteroatoms. The van der Waals surface area contributed by atoms with E-state index in [0.717, 1.165) is 36.8 Å². The number of carbonyl (C=O) groups excluding carboxylic acids is 2. The van der Waals surface area contributed by atoms with E-state index in [4.69, 9.17) is 4.74 Å². The number of hydrogen-bond acceptors (Lipinski definition) is 5. The smallest absolute Gasteiger partial charge is 0.257 e.